The van der Waals surface area contributed by atoms with Crippen LogP contribution in [-0.4, -0.2) is 33.6 Å². The van der Waals surface area contributed by atoms with E-state index in [0.29, 0.717) is 0 Å². The smallest absolute Gasteiger partial charge is 0.149 e. The van der Waals surface area contributed by atoms with Crippen molar-refractivity contribution in [1.82, 2.24) is 0 Å². The molecule has 0 amide bonds. The normalized spacial score (nSPS) is 13.2. The zero-order chi connectivity index (χ0) is 13.1. The van der Waals surface area contributed by atoms with E-state index in [4.69, 9.17) is 4.74 Å². The third-order valence-corrected chi connectivity index (χ3v) is 3.93. The first-order valence-corrected chi connectivity index (χ1v) is 7.95. The second-order valence-electron chi connectivity index (χ2n) is 3.98. The number of ether oxygens (including phenoxy) is 1. The SMILES string of the molecule is COc1ccc(Br)c(NC(C)CS(C)(=O)=O)c1. The molecule has 0 aliphatic heterocycles. The molecule has 0 aliphatic carbocycles. The Morgan fingerprint density at radius 2 is 2.12 bits per heavy atom. The van der Waals surface area contributed by atoms with E-state index in [-0.39, 0.29) is 11.8 Å². The average Bonchev–Trinajstić information content (AvgIpc) is 2.18. The van der Waals surface area contributed by atoms with E-state index < -0.39 is 9.84 Å². The molecule has 6 heteroatoms. The molecule has 0 aromatic heterocycles. The van der Waals surface area contributed by atoms with Gasteiger partial charge >= 0.3 is 0 Å². The Kier molecular flexibility index (Phi) is 4.82. The molecule has 96 valence electrons. The van der Waals surface area contributed by atoms with Gasteiger partial charge in [-0.2, -0.15) is 0 Å². The Morgan fingerprint density at radius 1 is 1.47 bits per heavy atom. The molecule has 1 unspecified atom stereocenters. The van der Waals surface area contributed by atoms with Gasteiger partial charge in [-0.05, 0) is 35.0 Å². The minimum absolute atomic E-state index is 0.0939. The molecule has 1 atom stereocenters. The van der Waals surface area contributed by atoms with Gasteiger partial charge in [0.05, 0.1) is 18.6 Å². The van der Waals surface area contributed by atoms with Crippen LogP contribution in [0.25, 0.3) is 0 Å². The van der Waals surface area contributed by atoms with Crippen LogP contribution in [0.15, 0.2) is 22.7 Å². The first kappa shape index (κ1) is 14.3. The van der Waals surface area contributed by atoms with E-state index in [9.17, 15) is 8.42 Å². The highest BCUT2D eigenvalue weighted by Gasteiger charge is 2.12. The molecule has 0 saturated heterocycles. The van der Waals surface area contributed by atoms with Gasteiger partial charge in [-0.3, -0.25) is 0 Å². The van der Waals surface area contributed by atoms with Gasteiger partial charge in [-0.1, -0.05) is 0 Å². The maximum atomic E-state index is 11.2. The van der Waals surface area contributed by atoms with Crippen LogP contribution in [0.5, 0.6) is 5.75 Å². The molecule has 17 heavy (non-hydrogen) atoms. The number of sulfone groups is 1. The van der Waals surface area contributed by atoms with Crippen LogP contribution >= 0.6 is 15.9 Å². The van der Waals surface area contributed by atoms with Gasteiger partial charge in [0.25, 0.3) is 0 Å². The summed E-state index contributed by atoms with van der Waals surface area (Å²) in [5, 5.41) is 3.14. The highest BCUT2D eigenvalue weighted by molar-refractivity contribution is 9.10. The molecule has 0 spiro atoms. The van der Waals surface area contributed by atoms with Gasteiger partial charge < -0.3 is 10.1 Å². The quantitative estimate of drug-likeness (QED) is 0.904. The van der Waals surface area contributed by atoms with E-state index >= 15 is 0 Å². The lowest BCUT2D eigenvalue weighted by molar-refractivity contribution is 0.415. The Morgan fingerprint density at radius 3 is 2.65 bits per heavy atom. The summed E-state index contributed by atoms with van der Waals surface area (Å²) < 4.78 is 28.3. The lowest BCUT2D eigenvalue weighted by Gasteiger charge is -2.16. The molecule has 1 aromatic carbocycles. The minimum Gasteiger partial charge on any atom is -0.497 e. The van der Waals surface area contributed by atoms with Gasteiger partial charge in [0.1, 0.15) is 15.6 Å². The van der Waals surface area contributed by atoms with Crippen LogP contribution < -0.4 is 10.1 Å². The summed E-state index contributed by atoms with van der Waals surface area (Å²) in [6.07, 6.45) is 1.23. The molecule has 0 fully saturated rings. The number of hydrogen-bond acceptors (Lipinski definition) is 4. The largest absolute Gasteiger partial charge is 0.497 e. The minimum atomic E-state index is -2.98. The van der Waals surface area contributed by atoms with E-state index in [1.54, 1.807) is 7.11 Å². The fourth-order valence-electron chi connectivity index (χ4n) is 1.50. The number of halogens is 1. The second kappa shape index (κ2) is 5.73. The summed E-state index contributed by atoms with van der Waals surface area (Å²) in [7, 11) is -1.39. The molecule has 1 rings (SSSR count). The van der Waals surface area contributed by atoms with Crippen molar-refractivity contribution in [2.45, 2.75) is 13.0 Å². The fraction of sp³-hybridized carbons (Fsp3) is 0.455. The van der Waals surface area contributed by atoms with E-state index in [1.165, 1.54) is 6.26 Å². The molecular formula is C11H16BrNO3S. The molecule has 0 bridgehead atoms. The van der Waals surface area contributed by atoms with Gasteiger partial charge in [0.15, 0.2) is 0 Å². The van der Waals surface area contributed by atoms with Crippen LogP contribution in [-0.2, 0) is 9.84 Å². The highest BCUT2D eigenvalue weighted by Crippen LogP contribution is 2.27. The predicted molar refractivity (Wildman–Crippen MR) is 73.5 cm³/mol. The van der Waals surface area contributed by atoms with Crippen molar-refractivity contribution in [1.29, 1.82) is 0 Å². The number of anilines is 1. The van der Waals surface area contributed by atoms with Crippen LogP contribution in [0, 0.1) is 0 Å². The van der Waals surface area contributed by atoms with Gasteiger partial charge in [0.2, 0.25) is 0 Å². The molecule has 0 heterocycles. The zero-order valence-electron chi connectivity index (χ0n) is 10.0. The van der Waals surface area contributed by atoms with Crippen molar-refractivity contribution < 1.29 is 13.2 Å². The summed E-state index contributed by atoms with van der Waals surface area (Å²) in [5.74, 6) is 0.818. The van der Waals surface area contributed by atoms with Gasteiger partial charge in [-0.15, -0.1) is 0 Å². The number of nitrogens with one attached hydrogen (secondary N) is 1. The van der Waals surface area contributed by atoms with Gasteiger partial charge in [0, 0.05) is 22.8 Å². The van der Waals surface area contributed by atoms with E-state index in [1.807, 2.05) is 25.1 Å². The number of hydrogen-bond donors (Lipinski definition) is 1. The van der Waals surface area contributed by atoms with Crippen LogP contribution in [0.1, 0.15) is 6.92 Å². The molecule has 1 N–H and O–H groups in total. The summed E-state index contributed by atoms with van der Waals surface area (Å²) in [6, 6.07) is 5.35. The van der Waals surface area contributed by atoms with Crippen LogP contribution in [0.4, 0.5) is 5.69 Å². The maximum Gasteiger partial charge on any atom is 0.149 e. The summed E-state index contributed by atoms with van der Waals surface area (Å²) in [6.45, 7) is 1.83. The van der Waals surface area contributed by atoms with Crippen LogP contribution in [0.3, 0.4) is 0 Å². The lowest BCUT2D eigenvalue weighted by Crippen LogP contribution is -2.25. The highest BCUT2D eigenvalue weighted by atomic mass is 79.9. The maximum absolute atomic E-state index is 11.2. The van der Waals surface area contributed by atoms with Crippen molar-refractivity contribution in [3.05, 3.63) is 22.7 Å². The zero-order valence-corrected chi connectivity index (χ0v) is 12.4. The number of methoxy groups -OCH3 is 1. The topological polar surface area (TPSA) is 55.4 Å². The first-order valence-electron chi connectivity index (χ1n) is 5.09. The number of benzene rings is 1. The van der Waals surface area contributed by atoms with Crippen molar-refractivity contribution in [2.24, 2.45) is 0 Å². The average molecular weight is 322 g/mol. The number of rotatable bonds is 5. The summed E-state index contributed by atoms with van der Waals surface area (Å²) in [4.78, 5) is 0. The van der Waals surface area contributed by atoms with Crippen molar-refractivity contribution >= 4 is 31.5 Å². The lowest BCUT2D eigenvalue weighted by atomic mass is 10.2. The van der Waals surface area contributed by atoms with E-state index in [2.05, 4.69) is 21.2 Å². The fourth-order valence-corrected chi connectivity index (χ4v) is 2.86. The van der Waals surface area contributed by atoms with E-state index in [0.717, 1.165) is 15.9 Å². The molecule has 0 aliphatic rings. The second-order valence-corrected chi connectivity index (χ2v) is 7.02. The Labute approximate surface area is 110 Å². The van der Waals surface area contributed by atoms with Crippen molar-refractivity contribution in [3.8, 4) is 5.75 Å². The molecule has 1 aromatic rings. The van der Waals surface area contributed by atoms with Crippen LogP contribution in [0.2, 0.25) is 0 Å². The van der Waals surface area contributed by atoms with Crippen molar-refractivity contribution in [3.63, 3.8) is 0 Å². The Balaban J connectivity index is 2.80. The monoisotopic (exact) mass is 321 g/mol. The predicted octanol–water partition coefficient (Wildman–Crippen LogP) is 2.30. The third kappa shape index (κ3) is 4.95. The Hall–Kier alpha value is -0.750. The standard InChI is InChI=1S/C11H16BrNO3S/c1-8(7-17(3,14)15)13-11-6-9(16-2)4-5-10(11)12/h4-6,8,13H,7H2,1-3H3. The van der Waals surface area contributed by atoms with Crippen molar-refractivity contribution in [2.75, 3.05) is 24.4 Å². The molecule has 0 radical (unpaired) electrons. The molecular weight excluding hydrogens is 306 g/mol. The Bertz CT molecular complexity index is 487. The third-order valence-electron chi connectivity index (χ3n) is 2.13. The summed E-state index contributed by atoms with van der Waals surface area (Å²) >= 11 is 3.40. The van der Waals surface area contributed by atoms with Gasteiger partial charge in [-0.25, -0.2) is 8.42 Å². The summed E-state index contributed by atoms with van der Waals surface area (Å²) in [5.41, 5.74) is 0.820. The molecule has 0 saturated carbocycles. The molecule has 4 nitrogen and oxygen atoms in total. The first-order chi connectivity index (χ1) is 7.81.